The van der Waals surface area contributed by atoms with Gasteiger partial charge in [0.25, 0.3) is 0 Å². The molecule has 0 aromatic carbocycles. The molecule has 0 aliphatic heterocycles. The minimum absolute atomic E-state index is 0.202. The standard InChI is InChI=1S/C7H15O4P/c1-7(2,3)4-6(8)5-12(9,10)11/h4-5H2,1-3H3,(H2,9,10,11). The number of carbonyl (C=O) groups excluding carboxylic acids is 1. The van der Waals surface area contributed by atoms with Crippen LogP contribution in [0.2, 0.25) is 0 Å². The fourth-order valence-corrected chi connectivity index (χ4v) is 1.45. The minimum Gasteiger partial charge on any atom is -0.324 e. The molecule has 0 rings (SSSR count). The van der Waals surface area contributed by atoms with Crippen LogP contribution in [0, 0.1) is 5.41 Å². The topological polar surface area (TPSA) is 74.6 Å². The molecule has 0 aliphatic carbocycles. The van der Waals surface area contributed by atoms with Crippen molar-refractivity contribution in [2.24, 2.45) is 5.41 Å². The average molecular weight is 194 g/mol. The van der Waals surface area contributed by atoms with Crippen molar-refractivity contribution in [1.82, 2.24) is 0 Å². The summed E-state index contributed by atoms with van der Waals surface area (Å²) in [6, 6.07) is 0. The molecule has 0 spiro atoms. The first-order chi connectivity index (χ1) is 5.10. The van der Waals surface area contributed by atoms with E-state index < -0.39 is 13.8 Å². The number of rotatable bonds is 3. The van der Waals surface area contributed by atoms with E-state index in [4.69, 9.17) is 9.79 Å². The maximum atomic E-state index is 11.0. The van der Waals surface area contributed by atoms with Crippen LogP contribution in [0.4, 0.5) is 0 Å². The summed E-state index contributed by atoms with van der Waals surface area (Å²) >= 11 is 0. The van der Waals surface area contributed by atoms with E-state index in [0.29, 0.717) is 0 Å². The van der Waals surface area contributed by atoms with Crippen molar-refractivity contribution in [3.8, 4) is 0 Å². The maximum absolute atomic E-state index is 11.0. The fourth-order valence-electron chi connectivity index (χ4n) is 0.877. The number of hydrogen-bond acceptors (Lipinski definition) is 2. The van der Waals surface area contributed by atoms with E-state index in [2.05, 4.69) is 0 Å². The summed E-state index contributed by atoms with van der Waals surface area (Å²) in [5.41, 5.74) is -0.202. The van der Waals surface area contributed by atoms with E-state index >= 15 is 0 Å². The highest BCUT2D eigenvalue weighted by molar-refractivity contribution is 7.52. The number of Topliss-reactive ketones (excluding diaryl/α,β-unsaturated/α-hetero) is 1. The molecule has 0 aromatic heterocycles. The van der Waals surface area contributed by atoms with Gasteiger partial charge < -0.3 is 9.79 Å². The molecule has 0 saturated carbocycles. The molecule has 0 atom stereocenters. The Morgan fingerprint density at radius 1 is 1.33 bits per heavy atom. The molecule has 0 fully saturated rings. The quantitative estimate of drug-likeness (QED) is 0.661. The van der Waals surface area contributed by atoms with E-state index in [0.717, 1.165) is 0 Å². The monoisotopic (exact) mass is 194 g/mol. The second-order valence-corrected chi connectivity index (χ2v) is 5.74. The third kappa shape index (κ3) is 7.92. The number of hydrogen-bond donors (Lipinski definition) is 2. The molecular formula is C7H15O4P. The zero-order valence-electron chi connectivity index (χ0n) is 7.57. The molecule has 4 nitrogen and oxygen atoms in total. The fraction of sp³-hybridized carbons (Fsp3) is 0.857. The predicted molar refractivity (Wildman–Crippen MR) is 46.0 cm³/mol. The zero-order valence-corrected chi connectivity index (χ0v) is 8.47. The van der Waals surface area contributed by atoms with Crippen LogP contribution in [0.5, 0.6) is 0 Å². The number of ketones is 1. The SMILES string of the molecule is CC(C)(C)CC(=O)CP(=O)(O)O. The van der Waals surface area contributed by atoms with Gasteiger partial charge in [0.2, 0.25) is 0 Å². The van der Waals surface area contributed by atoms with Crippen molar-refractivity contribution >= 4 is 13.4 Å². The van der Waals surface area contributed by atoms with Crippen LogP contribution in [0.3, 0.4) is 0 Å². The second kappa shape index (κ2) is 3.69. The summed E-state index contributed by atoms with van der Waals surface area (Å²) in [5.74, 6) is -0.379. The Labute approximate surface area is 72.1 Å². The molecule has 0 radical (unpaired) electrons. The van der Waals surface area contributed by atoms with E-state index in [9.17, 15) is 9.36 Å². The van der Waals surface area contributed by atoms with Gasteiger partial charge in [-0.25, -0.2) is 0 Å². The lowest BCUT2D eigenvalue weighted by molar-refractivity contribution is -0.118. The van der Waals surface area contributed by atoms with Crippen molar-refractivity contribution in [2.75, 3.05) is 6.16 Å². The maximum Gasteiger partial charge on any atom is 0.332 e. The Morgan fingerprint density at radius 2 is 1.75 bits per heavy atom. The summed E-state index contributed by atoms with van der Waals surface area (Å²) < 4.78 is 10.4. The second-order valence-electron chi connectivity index (χ2n) is 4.10. The van der Waals surface area contributed by atoms with Gasteiger partial charge >= 0.3 is 7.60 Å². The van der Waals surface area contributed by atoms with Crippen molar-refractivity contribution in [3.05, 3.63) is 0 Å². The molecular weight excluding hydrogens is 179 g/mol. The van der Waals surface area contributed by atoms with Crippen molar-refractivity contribution < 1.29 is 19.1 Å². The van der Waals surface area contributed by atoms with Crippen LogP contribution < -0.4 is 0 Å². The lowest BCUT2D eigenvalue weighted by Gasteiger charge is -2.16. The van der Waals surface area contributed by atoms with E-state index in [1.165, 1.54) is 0 Å². The summed E-state index contributed by atoms with van der Waals surface area (Å²) in [7, 11) is -4.16. The highest BCUT2D eigenvalue weighted by Crippen LogP contribution is 2.35. The molecule has 0 aliphatic rings. The van der Waals surface area contributed by atoms with Crippen molar-refractivity contribution in [2.45, 2.75) is 27.2 Å². The normalized spacial score (nSPS) is 13.1. The molecule has 0 heterocycles. The molecule has 72 valence electrons. The minimum atomic E-state index is -4.16. The first-order valence-corrected chi connectivity index (χ1v) is 5.46. The summed E-state index contributed by atoms with van der Waals surface area (Å²) in [4.78, 5) is 27.9. The Kier molecular flexibility index (Phi) is 3.63. The molecule has 0 saturated heterocycles. The van der Waals surface area contributed by atoms with Gasteiger partial charge in [-0.2, -0.15) is 0 Å². The summed E-state index contributed by atoms with van der Waals surface area (Å²) in [6.07, 6.45) is -0.428. The van der Waals surface area contributed by atoms with Crippen LogP contribution >= 0.6 is 7.60 Å². The van der Waals surface area contributed by atoms with E-state index in [-0.39, 0.29) is 17.6 Å². The summed E-state index contributed by atoms with van der Waals surface area (Å²) in [6.45, 7) is 5.56. The smallest absolute Gasteiger partial charge is 0.324 e. The molecule has 5 heteroatoms. The van der Waals surface area contributed by atoms with E-state index in [1.54, 1.807) is 0 Å². The Morgan fingerprint density at radius 3 is 2.00 bits per heavy atom. The Hall–Kier alpha value is -0.180. The van der Waals surface area contributed by atoms with Crippen LogP contribution in [0.25, 0.3) is 0 Å². The van der Waals surface area contributed by atoms with E-state index in [1.807, 2.05) is 20.8 Å². The van der Waals surface area contributed by atoms with Crippen molar-refractivity contribution in [1.29, 1.82) is 0 Å². The number of carbonyl (C=O) groups is 1. The first kappa shape index (κ1) is 11.8. The van der Waals surface area contributed by atoms with Gasteiger partial charge in [-0.1, -0.05) is 20.8 Å². The van der Waals surface area contributed by atoms with Gasteiger partial charge in [0.1, 0.15) is 11.9 Å². The van der Waals surface area contributed by atoms with Crippen LogP contribution in [0.1, 0.15) is 27.2 Å². The van der Waals surface area contributed by atoms with Crippen LogP contribution in [-0.2, 0) is 9.36 Å². The first-order valence-electron chi connectivity index (χ1n) is 3.66. The Balaban J connectivity index is 4.01. The van der Waals surface area contributed by atoms with Gasteiger partial charge in [0.15, 0.2) is 0 Å². The predicted octanol–water partition coefficient (Wildman–Crippen LogP) is 1.17. The highest BCUT2D eigenvalue weighted by Gasteiger charge is 2.23. The van der Waals surface area contributed by atoms with Crippen LogP contribution in [0.15, 0.2) is 0 Å². The van der Waals surface area contributed by atoms with Gasteiger partial charge in [-0.05, 0) is 5.41 Å². The molecule has 2 N–H and O–H groups in total. The molecule has 0 amide bonds. The van der Waals surface area contributed by atoms with Gasteiger partial charge in [0, 0.05) is 6.42 Å². The molecule has 0 bridgehead atoms. The van der Waals surface area contributed by atoms with Crippen molar-refractivity contribution in [3.63, 3.8) is 0 Å². The lowest BCUT2D eigenvalue weighted by Crippen LogP contribution is -2.15. The van der Waals surface area contributed by atoms with Crippen LogP contribution in [-0.4, -0.2) is 21.7 Å². The zero-order chi connectivity index (χ0) is 9.99. The average Bonchev–Trinajstić information content (AvgIpc) is 1.49. The summed E-state index contributed by atoms with van der Waals surface area (Å²) in [5, 5.41) is 0. The Bertz CT molecular complexity index is 210. The third-order valence-corrected chi connectivity index (χ3v) is 1.87. The lowest BCUT2D eigenvalue weighted by atomic mass is 9.90. The third-order valence-electron chi connectivity index (χ3n) is 1.11. The van der Waals surface area contributed by atoms with Gasteiger partial charge in [-0.3, -0.25) is 9.36 Å². The molecule has 12 heavy (non-hydrogen) atoms. The largest absolute Gasteiger partial charge is 0.332 e. The van der Waals surface area contributed by atoms with Gasteiger partial charge in [-0.15, -0.1) is 0 Å². The molecule has 0 aromatic rings. The molecule has 0 unspecified atom stereocenters. The highest BCUT2D eigenvalue weighted by atomic mass is 31.2. The van der Waals surface area contributed by atoms with Gasteiger partial charge in [0.05, 0.1) is 0 Å².